The van der Waals surface area contributed by atoms with Crippen molar-refractivity contribution < 1.29 is 27.8 Å². The van der Waals surface area contributed by atoms with Crippen LogP contribution in [0.4, 0.5) is 24.3 Å². The molecule has 13 nitrogen and oxygen atoms in total. The SMILES string of the molecule is CN(C)C(=O)OCc1ccc(OC(F)F)c(Cn2c3cc(-c4cnc(N5CCN6C(=O)NC[C@@H]6C5)nc4)ccc3c(=O)n2C)c1. The second kappa shape index (κ2) is 12.1. The molecule has 0 bridgehead atoms. The fraction of sp³-hybridized carbons (Fsp3) is 0.367. The molecule has 1 atom stereocenters. The smallest absolute Gasteiger partial charge is 0.409 e. The minimum atomic E-state index is -3.05. The summed E-state index contributed by atoms with van der Waals surface area (Å²) < 4.78 is 39.7. The van der Waals surface area contributed by atoms with Crippen molar-refractivity contribution in [1.82, 2.24) is 34.4 Å². The summed E-state index contributed by atoms with van der Waals surface area (Å²) in [6.07, 6.45) is 2.89. The van der Waals surface area contributed by atoms with E-state index in [1.54, 1.807) is 56.4 Å². The first-order valence-electron chi connectivity index (χ1n) is 14.3. The van der Waals surface area contributed by atoms with Crippen LogP contribution in [0.1, 0.15) is 11.1 Å². The summed E-state index contributed by atoms with van der Waals surface area (Å²) in [5.41, 5.74) is 2.75. The molecule has 2 aliphatic rings. The summed E-state index contributed by atoms with van der Waals surface area (Å²) in [4.78, 5) is 51.3. The Morgan fingerprint density at radius 3 is 2.60 bits per heavy atom. The third-order valence-corrected chi connectivity index (χ3v) is 8.04. The number of anilines is 1. The molecule has 1 N–H and O–H groups in total. The molecule has 2 saturated heterocycles. The Hall–Kier alpha value is -5.21. The third-order valence-electron chi connectivity index (χ3n) is 8.04. The highest BCUT2D eigenvalue weighted by molar-refractivity contribution is 5.84. The number of fused-ring (bicyclic) bond motifs is 2. The van der Waals surface area contributed by atoms with E-state index in [1.165, 1.54) is 15.6 Å². The molecular weight excluding hydrogens is 590 g/mol. The van der Waals surface area contributed by atoms with Crippen LogP contribution in [0.15, 0.2) is 53.6 Å². The van der Waals surface area contributed by atoms with Gasteiger partial charge in [-0.1, -0.05) is 12.1 Å². The Bertz CT molecular complexity index is 1810. The zero-order valence-electron chi connectivity index (χ0n) is 24.9. The lowest BCUT2D eigenvalue weighted by Crippen LogP contribution is -2.52. The second-order valence-corrected chi connectivity index (χ2v) is 11.1. The van der Waals surface area contributed by atoms with Crippen molar-refractivity contribution in [3.8, 4) is 16.9 Å². The lowest BCUT2D eigenvalue weighted by molar-refractivity contribution is -0.0505. The van der Waals surface area contributed by atoms with Crippen molar-refractivity contribution >= 4 is 29.0 Å². The lowest BCUT2D eigenvalue weighted by atomic mass is 10.1. The van der Waals surface area contributed by atoms with E-state index in [9.17, 15) is 23.2 Å². The molecule has 15 heteroatoms. The molecule has 2 aliphatic heterocycles. The molecule has 2 aromatic carbocycles. The monoisotopic (exact) mass is 622 g/mol. The summed E-state index contributed by atoms with van der Waals surface area (Å²) in [5, 5.41) is 3.31. The Kier molecular flexibility index (Phi) is 7.99. The van der Waals surface area contributed by atoms with Gasteiger partial charge in [0.15, 0.2) is 0 Å². The van der Waals surface area contributed by atoms with E-state index in [1.807, 2.05) is 17.0 Å². The Morgan fingerprint density at radius 1 is 1.09 bits per heavy atom. The number of aromatic nitrogens is 4. The molecule has 3 amide bonds. The number of benzene rings is 2. The van der Waals surface area contributed by atoms with Crippen LogP contribution in [0.2, 0.25) is 0 Å². The van der Waals surface area contributed by atoms with Crippen LogP contribution in [-0.2, 0) is 24.9 Å². The van der Waals surface area contributed by atoms with Crippen LogP contribution in [-0.4, -0.2) is 94.2 Å². The molecule has 4 heterocycles. The van der Waals surface area contributed by atoms with E-state index in [4.69, 9.17) is 9.47 Å². The number of piperazine rings is 1. The van der Waals surface area contributed by atoms with Crippen molar-refractivity contribution in [2.75, 3.05) is 45.2 Å². The maximum absolute atomic E-state index is 13.3. The number of ether oxygens (including phenoxy) is 2. The van der Waals surface area contributed by atoms with E-state index in [0.717, 1.165) is 11.1 Å². The zero-order valence-corrected chi connectivity index (χ0v) is 24.9. The molecule has 6 rings (SSSR count). The first-order chi connectivity index (χ1) is 21.6. The molecule has 0 aliphatic carbocycles. The molecule has 0 radical (unpaired) electrons. The second-order valence-electron chi connectivity index (χ2n) is 11.1. The minimum absolute atomic E-state index is 0.0240. The normalized spacial score (nSPS) is 16.2. The highest BCUT2D eigenvalue weighted by atomic mass is 19.3. The first-order valence-corrected chi connectivity index (χ1v) is 14.3. The molecule has 45 heavy (non-hydrogen) atoms. The van der Waals surface area contributed by atoms with Crippen LogP contribution in [0.3, 0.4) is 0 Å². The number of carbonyl (C=O) groups is 2. The summed E-state index contributed by atoms with van der Waals surface area (Å²) in [6, 6.07) is 9.96. The van der Waals surface area contributed by atoms with Gasteiger partial charge in [-0.25, -0.2) is 19.6 Å². The zero-order chi connectivity index (χ0) is 31.8. The average Bonchev–Trinajstić information content (AvgIpc) is 3.52. The number of amides is 3. The van der Waals surface area contributed by atoms with Gasteiger partial charge in [-0.05, 0) is 35.4 Å². The fourth-order valence-electron chi connectivity index (χ4n) is 5.65. The van der Waals surface area contributed by atoms with Crippen LogP contribution in [0.5, 0.6) is 5.75 Å². The van der Waals surface area contributed by atoms with E-state index >= 15 is 0 Å². The van der Waals surface area contributed by atoms with E-state index < -0.39 is 12.7 Å². The van der Waals surface area contributed by atoms with Crippen molar-refractivity contribution in [3.05, 3.63) is 70.3 Å². The van der Waals surface area contributed by atoms with Gasteiger partial charge in [0, 0.05) is 70.8 Å². The number of alkyl halides is 2. The minimum Gasteiger partial charge on any atom is -0.445 e. The van der Waals surface area contributed by atoms with Gasteiger partial charge >= 0.3 is 18.7 Å². The first kappa shape index (κ1) is 29.8. The standard InChI is InChI=1S/C30H32F2N8O5/c1-36(2)30(43)44-17-18-4-7-25(45-27(31)32)20(10-18)15-40-24-11-19(5-6-23(24)26(41)37(40)3)21-12-33-28(34-13-21)38-8-9-39-22(16-38)14-35-29(39)42/h4-7,10-13,22,27H,8-9,14-17H2,1-3H3,(H,35,42)/t22-/m1/s1. The molecule has 4 aromatic rings. The van der Waals surface area contributed by atoms with Crippen LogP contribution >= 0.6 is 0 Å². The molecule has 236 valence electrons. The number of urea groups is 1. The van der Waals surface area contributed by atoms with Crippen LogP contribution in [0, 0.1) is 0 Å². The van der Waals surface area contributed by atoms with Gasteiger partial charge in [0.05, 0.1) is 23.5 Å². The highest BCUT2D eigenvalue weighted by Gasteiger charge is 2.36. The van der Waals surface area contributed by atoms with Gasteiger partial charge in [0.1, 0.15) is 12.4 Å². The number of hydrogen-bond donors (Lipinski definition) is 1. The number of halogens is 2. The molecule has 2 fully saturated rings. The number of carbonyl (C=O) groups excluding carboxylic acids is 2. The molecule has 0 unspecified atom stereocenters. The summed E-state index contributed by atoms with van der Waals surface area (Å²) in [5.74, 6) is 0.513. The van der Waals surface area contributed by atoms with Crippen molar-refractivity contribution in [1.29, 1.82) is 0 Å². The van der Waals surface area contributed by atoms with Gasteiger partial charge in [0.2, 0.25) is 5.95 Å². The number of rotatable bonds is 8. The summed E-state index contributed by atoms with van der Waals surface area (Å²) in [6.45, 7) is -0.652. The largest absolute Gasteiger partial charge is 0.445 e. The number of hydrogen-bond acceptors (Lipinski definition) is 8. The van der Waals surface area contributed by atoms with Gasteiger partial charge in [-0.2, -0.15) is 8.78 Å². The van der Waals surface area contributed by atoms with E-state index in [2.05, 4.69) is 20.2 Å². The third kappa shape index (κ3) is 5.97. The van der Waals surface area contributed by atoms with Gasteiger partial charge < -0.3 is 29.5 Å². The van der Waals surface area contributed by atoms with Gasteiger partial charge in [-0.3, -0.25) is 14.2 Å². The fourth-order valence-corrected chi connectivity index (χ4v) is 5.65. The average molecular weight is 623 g/mol. The highest BCUT2D eigenvalue weighted by Crippen LogP contribution is 2.28. The molecule has 0 spiro atoms. The van der Waals surface area contributed by atoms with E-state index in [0.29, 0.717) is 54.2 Å². The molecule has 0 saturated carbocycles. The Labute approximate surface area is 256 Å². The van der Waals surface area contributed by atoms with Crippen molar-refractivity contribution in [2.45, 2.75) is 25.8 Å². The quantitative estimate of drug-likeness (QED) is 0.318. The number of nitrogens with zero attached hydrogens (tertiary/aromatic N) is 7. The van der Waals surface area contributed by atoms with Crippen LogP contribution in [0.25, 0.3) is 22.0 Å². The Morgan fingerprint density at radius 2 is 1.87 bits per heavy atom. The summed E-state index contributed by atoms with van der Waals surface area (Å²) in [7, 11) is 4.71. The maximum atomic E-state index is 13.3. The van der Waals surface area contributed by atoms with Crippen LogP contribution < -0.4 is 20.5 Å². The lowest BCUT2D eigenvalue weighted by Gasteiger charge is -2.36. The summed E-state index contributed by atoms with van der Waals surface area (Å²) >= 11 is 0. The topological polar surface area (TPSA) is 127 Å². The molecular formula is C30H32F2N8O5. The predicted octanol–water partition coefficient (Wildman–Crippen LogP) is 2.86. The maximum Gasteiger partial charge on any atom is 0.409 e. The molecule has 2 aromatic heterocycles. The van der Waals surface area contributed by atoms with Crippen molar-refractivity contribution in [2.24, 2.45) is 7.05 Å². The predicted molar refractivity (Wildman–Crippen MR) is 160 cm³/mol. The number of nitrogens with one attached hydrogen (secondary N) is 1. The van der Waals surface area contributed by atoms with E-state index in [-0.39, 0.29) is 36.5 Å². The Balaban J connectivity index is 1.28. The van der Waals surface area contributed by atoms with Gasteiger partial charge in [-0.15, -0.1) is 0 Å². The van der Waals surface area contributed by atoms with Gasteiger partial charge in [0.25, 0.3) is 5.56 Å². The van der Waals surface area contributed by atoms with Crippen molar-refractivity contribution in [3.63, 3.8) is 0 Å².